The molecule has 2 bridgehead atoms. The molecule has 0 amide bonds. The van der Waals surface area contributed by atoms with Crippen LogP contribution in [0.15, 0.2) is 59.8 Å². The van der Waals surface area contributed by atoms with Crippen molar-refractivity contribution < 1.29 is 24.1 Å². The van der Waals surface area contributed by atoms with Crippen LogP contribution in [0.3, 0.4) is 0 Å². The molecule has 10 aliphatic rings. The standard InChI is InChI=1S/C40H46N4O5/c1-4-35-19-25-30-37(5-2,49-40(25)39(24-11-7-9-13-27(24)42-40)15-16-43(33(35)39)20-28-31(35)48-28)21-36-18-22(32(45)47-3)29-38(34(36)46,14-17-44(30)36)23-10-6-8-12-26(23)41-29/h6-13,25,28,30-31,33-34,41-42,46H,4-5,14-21H2,1-3H3. The molecule has 2 aliphatic carbocycles. The van der Waals surface area contributed by atoms with Crippen LogP contribution < -0.4 is 10.6 Å². The molecule has 2 aromatic rings. The van der Waals surface area contributed by atoms with Crippen molar-refractivity contribution in [1.82, 2.24) is 9.80 Å². The first-order chi connectivity index (χ1) is 23.8. The smallest absolute Gasteiger partial charge is 0.335 e. The van der Waals surface area contributed by atoms with Gasteiger partial charge in [-0.3, -0.25) is 9.80 Å². The minimum atomic E-state index is -0.700. The number of carbonyl (C=O) groups excluding carboxylic acids is 1. The number of rotatable bonds is 3. The Labute approximate surface area is 287 Å². The van der Waals surface area contributed by atoms with Crippen LogP contribution in [-0.2, 0) is 29.8 Å². The van der Waals surface area contributed by atoms with E-state index in [1.165, 1.54) is 18.4 Å². The van der Waals surface area contributed by atoms with E-state index in [9.17, 15) is 9.90 Å². The maximum Gasteiger partial charge on any atom is 0.335 e. The minimum Gasteiger partial charge on any atom is -0.466 e. The molecule has 7 fully saturated rings. The number of nitrogens with one attached hydrogen (secondary N) is 2. The quantitative estimate of drug-likeness (QED) is 0.329. The Hall–Kier alpha value is -2.95. The number of nitrogens with zero attached hydrogens (tertiary/aromatic N) is 2. The van der Waals surface area contributed by atoms with Gasteiger partial charge in [0.05, 0.1) is 53.0 Å². The fraction of sp³-hybridized carbons (Fsp3) is 0.625. The van der Waals surface area contributed by atoms with E-state index >= 15 is 0 Å². The highest BCUT2D eigenvalue weighted by Gasteiger charge is 2.87. The van der Waals surface area contributed by atoms with Gasteiger partial charge >= 0.3 is 5.97 Å². The van der Waals surface area contributed by atoms with Gasteiger partial charge in [0.2, 0.25) is 0 Å². The van der Waals surface area contributed by atoms with Crippen LogP contribution in [0.25, 0.3) is 0 Å². The van der Waals surface area contributed by atoms with Crippen molar-refractivity contribution in [2.24, 2.45) is 11.3 Å². The van der Waals surface area contributed by atoms with Crippen LogP contribution in [0.1, 0.15) is 69.9 Å². The number of hydrogen-bond acceptors (Lipinski definition) is 9. The lowest BCUT2D eigenvalue weighted by atomic mass is 9.47. The second kappa shape index (κ2) is 8.56. The summed E-state index contributed by atoms with van der Waals surface area (Å²) in [5.41, 5.74) is 3.70. The molecule has 12 rings (SSSR count). The van der Waals surface area contributed by atoms with E-state index < -0.39 is 28.4 Å². The van der Waals surface area contributed by atoms with Crippen LogP contribution in [0, 0.1) is 11.3 Å². The molecule has 6 saturated heterocycles. The highest BCUT2D eigenvalue weighted by atomic mass is 16.6. The SMILES string of the molecule is CCC12CC34CC(C(=O)OC)=C5Nc6ccccc6C5(CCN3C1C1CC3(CC)C5OC5CN5CCC6(c7ccccc7NC16O2)C53)C4O. The van der Waals surface area contributed by atoms with Crippen LogP contribution >= 0.6 is 0 Å². The molecule has 8 heterocycles. The number of ether oxygens (including phenoxy) is 3. The molecule has 12 unspecified atom stereocenters. The Balaban J connectivity index is 1.07. The van der Waals surface area contributed by atoms with Crippen molar-refractivity contribution in [1.29, 1.82) is 0 Å². The zero-order valence-electron chi connectivity index (χ0n) is 28.6. The molecule has 0 radical (unpaired) electrons. The van der Waals surface area contributed by atoms with Gasteiger partial charge in [-0.05, 0) is 68.3 Å². The molecular formula is C40H46N4O5. The van der Waals surface area contributed by atoms with Crippen LogP contribution in [0.2, 0.25) is 0 Å². The predicted octanol–water partition coefficient (Wildman–Crippen LogP) is 4.27. The largest absolute Gasteiger partial charge is 0.466 e. The number of epoxide rings is 1. The zero-order chi connectivity index (χ0) is 32.9. The Morgan fingerprint density at radius 1 is 1.04 bits per heavy atom. The summed E-state index contributed by atoms with van der Waals surface area (Å²) in [5, 5.41) is 20.9. The molecular weight excluding hydrogens is 616 g/mol. The summed E-state index contributed by atoms with van der Waals surface area (Å²) >= 11 is 0. The summed E-state index contributed by atoms with van der Waals surface area (Å²) in [7, 11) is 1.48. The van der Waals surface area contributed by atoms with Gasteiger partial charge in [-0.25, -0.2) is 4.79 Å². The maximum absolute atomic E-state index is 13.8. The molecule has 2 aromatic carbocycles. The molecule has 49 heavy (non-hydrogen) atoms. The van der Waals surface area contributed by atoms with E-state index in [0.29, 0.717) is 30.6 Å². The minimum absolute atomic E-state index is 0.0242. The number of hydrogen-bond donors (Lipinski definition) is 3. The lowest BCUT2D eigenvalue weighted by Crippen LogP contribution is -2.76. The average molecular weight is 663 g/mol. The predicted molar refractivity (Wildman–Crippen MR) is 182 cm³/mol. The van der Waals surface area contributed by atoms with Crippen molar-refractivity contribution in [3.05, 3.63) is 70.9 Å². The van der Waals surface area contributed by atoms with Crippen molar-refractivity contribution in [2.45, 2.75) is 117 Å². The second-order valence-electron chi connectivity index (χ2n) is 17.3. The van der Waals surface area contributed by atoms with E-state index in [2.05, 4.69) is 76.7 Å². The third-order valence-electron chi connectivity index (χ3n) is 16.4. The Bertz CT molecular complexity index is 1920. The van der Waals surface area contributed by atoms with Gasteiger partial charge < -0.3 is 30.0 Å². The number of fused-ring (bicyclic) bond motifs is 7. The van der Waals surface area contributed by atoms with Gasteiger partial charge in [-0.1, -0.05) is 50.2 Å². The lowest BCUT2D eigenvalue weighted by molar-refractivity contribution is -0.194. The molecule has 12 atom stereocenters. The maximum atomic E-state index is 13.8. The van der Waals surface area contributed by atoms with Crippen molar-refractivity contribution in [2.75, 3.05) is 37.4 Å². The van der Waals surface area contributed by atoms with Crippen molar-refractivity contribution >= 4 is 17.3 Å². The van der Waals surface area contributed by atoms with E-state index in [-0.39, 0.29) is 34.9 Å². The van der Waals surface area contributed by atoms with Crippen molar-refractivity contribution in [3.8, 4) is 0 Å². The third kappa shape index (κ3) is 2.72. The van der Waals surface area contributed by atoms with Gasteiger partial charge in [-0.15, -0.1) is 0 Å². The van der Waals surface area contributed by atoms with E-state index in [4.69, 9.17) is 14.2 Å². The number of aliphatic hydroxyl groups excluding tert-OH is 1. The number of esters is 1. The zero-order valence-corrected chi connectivity index (χ0v) is 28.6. The molecule has 4 spiro atoms. The number of benzene rings is 2. The second-order valence-corrected chi connectivity index (χ2v) is 17.3. The third-order valence-corrected chi connectivity index (χ3v) is 16.4. The van der Waals surface area contributed by atoms with E-state index in [0.717, 1.165) is 68.7 Å². The van der Waals surface area contributed by atoms with Crippen LogP contribution in [0.5, 0.6) is 0 Å². The highest BCUT2D eigenvalue weighted by molar-refractivity contribution is 5.93. The lowest BCUT2D eigenvalue weighted by Gasteiger charge is -2.64. The number of para-hydroxylation sites is 2. The molecule has 0 aromatic heterocycles. The molecule has 9 nitrogen and oxygen atoms in total. The van der Waals surface area contributed by atoms with Crippen LogP contribution in [0.4, 0.5) is 11.4 Å². The molecule has 9 heteroatoms. The summed E-state index contributed by atoms with van der Waals surface area (Å²) in [6.45, 7) is 7.63. The molecule has 3 N–H and O–H groups in total. The van der Waals surface area contributed by atoms with E-state index in [1.54, 1.807) is 0 Å². The first kappa shape index (κ1) is 28.7. The van der Waals surface area contributed by atoms with Crippen LogP contribution in [-0.4, -0.2) is 94.9 Å². The fourth-order valence-electron chi connectivity index (χ4n) is 15.0. The monoisotopic (exact) mass is 662 g/mol. The van der Waals surface area contributed by atoms with Gasteiger partial charge in [0, 0.05) is 60.0 Å². The summed E-state index contributed by atoms with van der Waals surface area (Å²) in [6.07, 6.45) is 5.80. The topological polar surface area (TPSA) is 98.8 Å². The summed E-state index contributed by atoms with van der Waals surface area (Å²) in [4.78, 5) is 19.2. The van der Waals surface area contributed by atoms with Gasteiger partial charge in [0.25, 0.3) is 0 Å². The average Bonchev–Trinajstić information content (AvgIpc) is 3.34. The summed E-state index contributed by atoms with van der Waals surface area (Å²) < 4.78 is 20.2. The molecule has 256 valence electrons. The number of aliphatic hydroxyl groups is 1. The van der Waals surface area contributed by atoms with Gasteiger partial charge in [0.15, 0.2) is 5.72 Å². The fourth-order valence-corrected chi connectivity index (χ4v) is 15.0. The molecule has 8 aliphatic heterocycles. The van der Waals surface area contributed by atoms with Crippen molar-refractivity contribution in [3.63, 3.8) is 0 Å². The van der Waals surface area contributed by atoms with E-state index in [1.807, 2.05) is 6.07 Å². The van der Waals surface area contributed by atoms with Gasteiger partial charge in [-0.2, -0.15) is 0 Å². The Kier molecular flexibility index (Phi) is 5.02. The normalized spacial score (nSPS) is 50.0. The molecule has 1 saturated carbocycles. The highest BCUT2D eigenvalue weighted by Crippen LogP contribution is 2.78. The first-order valence-electron chi connectivity index (χ1n) is 18.9. The number of anilines is 2. The Morgan fingerprint density at radius 3 is 2.63 bits per heavy atom. The van der Waals surface area contributed by atoms with Gasteiger partial charge in [0.1, 0.15) is 0 Å². The number of carbonyl (C=O) groups is 1. The number of methoxy groups -OCH3 is 1. The number of piperidine rings is 2. The Morgan fingerprint density at radius 2 is 1.84 bits per heavy atom. The first-order valence-corrected chi connectivity index (χ1v) is 18.9. The summed E-state index contributed by atoms with van der Waals surface area (Å²) in [6, 6.07) is 17.8. The summed E-state index contributed by atoms with van der Waals surface area (Å²) in [5.74, 6) is -0.115.